The third-order valence-corrected chi connectivity index (χ3v) is 3.09. The monoisotopic (exact) mass is 301 g/mol. The molecule has 2 rings (SSSR count). The maximum absolute atomic E-state index is 12.2. The Morgan fingerprint density at radius 3 is 2.41 bits per heavy atom. The zero-order valence-corrected chi connectivity index (χ0v) is 12.8. The van der Waals surface area contributed by atoms with E-state index in [2.05, 4.69) is 10.4 Å². The number of carbonyl (C=O) groups is 2. The van der Waals surface area contributed by atoms with Crippen molar-refractivity contribution in [1.82, 2.24) is 15.1 Å². The molecular weight excluding hydrogens is 282 g/mol. The Kier molecular flexibility index (Phi) is 4.30. The molecule has 0 spiro atoms. The Balaban J connectivity index is 2.41. The van der Waals surface area contributed by atoms with Crippen molar-refractivity contribution in [3.05, 3.63) is 47.8 Å². The Morgan fingerprint density at radius 1 is 1.23 bits per heavy atom. The van der Waals surface area contributed by atoms with Crippen LogP contribution >= 0.6 is 0 Å². The SMILES string of the molecule is CC(C)(C)c1nn(-c2ccccc2)cc1C(=O)NCC(=O)O. The van der Waals surface area contributed by atoms with Gasteiger partial charge in [-0.2, -0.15) is 5.10 Å². The number of rotatable bonds is 4. The minimum Gasteiger partial charge on any atom is -0.480 e. The average molecular weight is 301 g/mol. The predicted molar refractivity (Wildman–Crippen MR) is 82.2 cm³/mol. The zero-order valence-electron chi connectivity index (χ0n) is 12.8. The van der Waals surface area contributed by atoms with Gasteiger partial charge in [0.05, 0.1) is 16.9 Å². The van der Waals surface area contributed by atoms with Crippen molar-refractivity contribution < 1.29 is 14.7 Å². The third-order valence-electron chi connectivity index (χ3n) is 3.09. The van der Waals surface area contributed by atoms with Gasteiger partial charge in [0.1, 0.15) is 6.54 Å². The summed E-state index contributed by atoms with van der Waals surface area (Å²) < 4.78 is 1.64. The maximum Gasteiger partial charge on any atom is 0.322 e. The summed E-state index contributed by atoms with van der Waals surface area (Å²) in [5, 5.41) is 15.6. The summed E-state index contributed by atoms with van der Waals surface area (Å²) in [5.41, 5.74) is 1.51. The van der Waals surface area contributed by atoms with E-state index in [9.17, 15) is 9.59 Å². The van der Waals surface area contributed by atoms with Gasteiger partial charge in [0.2, 0.25) is 0 Å². The molecule has 0 bridgehead atoms. The number of benzene rings is 1. The summed E-state index contributed by atoms with van der Waals surface area (Å²) in [6.07, 6.45) is 1.63. The Labute approximate surface area is 128 Å². The second-order valence-corrected chi connectivity index (χ2v) is 6.00. The molecule has 1 aromatic heterocycles. The van der Waals surface area contributed by atoms with Crippen LogP contribution in [0, 0.1) is 0 Å². The molecule has 0 aliphatic carbocycles. The lowest BCUT2D eigenvalue weighted by Crippen LogP contribution is -2.31. The summed E-state index contributed by atoms with van der Waals surface area (Å²) in [6.45, 7) is 5.45. The number of carboxylic acid groups (broad SMARTS) is 1. The number of para-hydroxylation sites is 1. The van der Waals surface area contributed by atoms with Crippen molar-refractivity contribution in [2.45, 2.75) is 26.2 Å². The molecule has 0 aliphatic rings. The number of aliphatic carboxylic acids is 1. The molecule has 2 N–H and O–H groups in total. The van der Waals surface area contributed by atoms with Crippen LogP contribution in [-0.4, -0.2) is 33.3 Å². The number of carbonyl (C=O) groups excluding carboxylic acids is 1. The van der Waals surface area contributed by atoms with E-state index < -0.39 is 18.4 Å². The molecular formula is C16H19N3O3. The van der Waals surface area contributed by atoms with Crippen molar-refractivity contribution in [2.24, 2.45) is 0 Å². The Bertz CT molecular complexity index is 684. The summed E-state index contributed by atoms with van der Waals surface area (Å²) >= 11 is 0. The number of amides is 1. The highest BCUT2D eigenvalue weighted by Gasteiger charge is 2.26. The van der Waals surface area contributed by atoms with Crippen LogP contribution in [0.1, 0.15) is 36.8 Å². The van der Waals surface area contributed by atoms with Gasteiger partial charge in [-0.15, -0.1) is 0 Å². The van der Waals surface area contributed by atoms with Crippen LogP contribution in [0.2, 0.25) is 0 Å². The maximum atomic E-state index is 12.2. The van der Waals surface area contributed by atoms with Gasteiger partial charge in [-0.3, -0.25) is 9.59 Å². The number of hydrogen-bond donors (Lipinski definition) is 2. The summed E-state index contributed by atoms with van der Waals surface area (Å²) in [5.74, 6) is -1.52. The fraction of sp³-hybridized carbons (Fsp3) is 0.312. The van der Waals surface area contributed by atoms with E-state index >= 15 is 0 Å². The lowest BCUT2D eigenvalue weighted by molar-refractivity contribution is -0.135. The molecule has 0 atom stereocenters. The average Bonchev–Trinajstić information content (AvgIpc) is 2.91. The fourth-order valence-corrected chi connectivity index (χ4v) is 2.06. The quantitative estimate of drug-likeness (QED) is 0.904. The summed E-state index contributed by atoms with van der Waals surface area (Å²) in [6, 6.07) is 9.45. The van der Waals surface area contributed by atoms with Crippen LogP contribution in [0.4, 0.5) is 0 Å². The van der Waals surface area contributed by atoms with Crippen molar-refractivity contribution >= 4 is 11.9 Å². The number of carboxylic acids is 1. The highest BCUT2D eigenvalue weighted by molar-refractivity contribution is 5.97. The lowest BCUT2D eigenvalue weighted by Gasteiger charge is -2.17. The molecule has 1 amide bonds. The first kappa shape index (κ1) is 15.8. The molecule has 22 heavy (non-hydrogen) atoms. The summed E-state index contributed by atoms with van der Waals surface area (Å²) in [7, 11) is 0. The topological polar surface area (TPSA) is 84.2 Å². The van der Waals surface area contributed by atoms with E-state index in [4.69, 9.17) is 5.11 Å². The molecule has 116 valence electrons. The van der Waals surface area contributed by atoms with Crippen LogP contribution in [0.25, 0.3) is 5.69 Å². The van der Waals surface area contributed by atoms with Crippen molar-refractivity contribution in [3.63, 3.8) is 0 Å². The standard InChI is InChI=1S/C16H19N3O3/c1-16(2,3)14-12(15(22)17-9-13(20)21)10-19(18-14)11-7-5-4-6-8-11/h4-8,10H,9H2,1-3H3,(H,17,22)(H,20,21). The normalized spacial score (nSPS) is 11.2. The van der Waals surface area contributed by atoms with Crippen molar-refractivity contribution in [3.8, 4) is 5.69 Å². The van der Waals surface area contributed by atoms with Gasteiger partial charge in [-0.1, -0.05) is 39.0 Å². The third kappa shape index (κ3) is 3.52. The van der Waals surface area contributed by atoms with Gasteiger partial charge in [0.25, 0.3) is 5.91 Å². The smallest absolute Gasteiger partial charge is 0.322 e. The summed E-state index contributed by atoms with van der Waals surface area (Å²) in [4.78, 5) is 22.8. The second kappa shape index (κ2) is 6.01. The zero-order chi connectivity index (χ0) is 16.3. The van der Waals surface area contributed by atoms with Crippen LogP contribution in [0.5, 0.6) is 0 Å². The van der Waals surface area contributed by atoms with Gasteiger partial charge < -0.3 is 10.4 Å². The molecule has 2 aromatic rings. The van der Waals surface area contributed by atoms with E-state index in [1.54, 1.807) is 10.9 Å². The Hall–Kier alpha value is -2.63. The molecule has 0 aliphatic heterocycles. The van der Waals surface area contributed by atoms with E-state index in [1.165, 1.54) is 0 Å². The number of nitrogens with one attached hydrogen (secondary N) is 1. The number of aromatic nitrogens is 2. The van der Waals surface area contributed by atoms with Gasteiger partial charge >= 0.3 is 5.97 Å². The first-order valence-electron chi connectivity index (χ1n) is 6.94. The van der Waals surface area contributed by atoms with E-state index in [1.807, 2.05) is 51.1 Å². The van der Waals surface area contributed by atoms with Gasteiger partial charge in [-0.25, -0.2) is 4.68 Å². The molecule has 0 saturated carbocycles. The molecule has 0 fully saturated rings. The van der Waals surface area contributed by atoms with Crippen LogP contribution in [-0.2, 0) is 10.2 Å². The molecule has 0 radical (unpaired) electrons. The molecule has 0 unspecified atom stereocenters. The van der Waals surface area contributed by atoms with Crippen molar-refractivity contribution in [1.29, 1.82) is 0 Å². The van der Waals surface area contributed by atoms with E-state index in [-0.39, 0.29) is 5.41 Å². The van der Waals surface area contributed by atoms with Crippen LogP contribution in [0.3, 0.4) is 0 Å². The highest BCUT2D eigenvalue weighted by atomic mass is 16.4. The second-order valence-electron chi connectivity index (χ2n) is 6.00. The molecule has 6 nitrogen and oxygen atoms in total. The Morgan fingerprint density at radius 2 is 1.86 bits per heavy atom. The highest BCUT2D eigenvalue weighted by Crippen LogP contribution is 2.25. The number of nitrogens with zero attached hydrogens (tertiary/aromatic N) is 2. The first-order chi connectivity index (χ1) is 10.3. The molecule has 0 saturated heterocycles. The van der Waals surface area contributed by atoms with Crippen LogP contribution in [0.15, 0.2) is 36.5 Å². The van der Waals surface area contributed by atoms with E-state index in [0.717, 1.165) is 5.69 Å². The van der Waals surface area contributed by atoms with E-state index in [0.29, 0.717) is 11.3 Å². The molecule has 1 heterocycles. The molecule has 6 heteroatoms. The number of hydrogen-bond acceptors (Lipinski definition) is 3. The van der Waals surface area contributed by atoms with Gasteiger partial charge in [0, 0.05) is 11.6 Å². The first-order valence-corrected chi connectivity index (χ1v) is 6.94. The largest absolute Gasteiger partial charge is 0.480 e. The minimum absolute atomic E-state index is 0.337. The predicted octanol–water partition coefficient (Wildman–Crippen LogP) is 1.98. The van der Waals surface area contributed by atoms with Crippen molar-refractivity contribution in [2.75, 3.05) is 6.54 Å². The van der Waals surface area contributed by atoms with Gasteiger partial charge in [-0.05, 0) is 12.1 Å². The lowest BCUT2D eigenvalue weighted by atomic mass is 9.89. The van der Waals surface area contributed by atoms with Crippen LogP contribution < -0.4 is 5.32 Å². The molecule has 1 aromatic carbocycles. The van der Waals surface area contributed by atoms with Gasteiger partial charge in [0.15, 0.2) is 0 Å². The fourth-order valence-electron chi connectivity index (χ4n) is 2.06. The minimum atomic E-state index is -1.08.